The van der Waals surface area contributed by atoms with Gasteiger partial charge in [0.2, 0.25) is 5.91 Å². The molecule has 1 aliphatic heterocycles. The highest BCUT2D eigenvalue weighted by Gasteiger charge is 2.35. The lowest BCUT2D eigenvalue weighted by Gasteiger charge is -2.32. The molecule has 1 aromatic heterocycles. The van der Waals surface area contributed by atoms with Crippen LogP contribution in [0, 0.1) is 0 Å². The standard InChI is InChI=1S/C16H14F3N3O2S/c17-16(18,19)11-3-1-2-9(4-11)6-22-13-8-25-7-10(13)5-12(14(22)23)21-15(20)24/h1-4,7-8,12H,5-6H2,(H3,20,21,24)/t12-/m1/s1. The van der Waals surface area contributed by atoms with Crippen LogP contribution in [0.1, 0.15) is 16.7 Å². The zero-order valence-corrected chi connectivity index (χ0v) is 13.7. The summed E-state index contributed by atoms with van der Waals surface area (Å²) in [5.41, 5.74) is 6.17. The van der Waals surface area contributed by atoms with E-state index in [1.165, 1.54) is 28.4 Å². The van der Waals surface area contributed by atoms with E-state index in [2.05, 4.69) is 5.32 Å². The quantitative estimate of drug-likeness (QED) is 0.873. The number of hydrogen-bond acceptors (Lipinski definition) is 3. The first-order chi connectivity index (χ1) is 11.8. The van der Waals surface area contributed by atoms with E-state index in [0.29, 0.717) is 17.7 Å². The number of alkyl halides is 3. The van der Waals surface area contributed by atoms with Crippen LogP contribution in [0.15, 0.2) is 35.0 Å². The number of nitrogens with zero attached hydrogens (tertiary/aromatic N) is 1. The smallest absolute Gasteiger partial charge is 0.352 e. The van der Waals surface area contributed by atoms with Crippen molar-refractivity contribution in [2.45, 2.75) is 25.2 Å². The minimum absolute atomic E-state index is 0.0244. The van der Waals surface area contributed by atoms with Crippen molar-refractivity contribution in [1.82, 2.24) is 5.32 Å². The molecule has 0 spiro atoms. The molecule has 0 bridgehead atoms. The molecule has 0 saturated heterocycles. The molecule has 1 atom stereocenters. The van der Waals surface area contributed by atoms with Crippen LogP contribution < -0.4 is 16.0 Å². The first-order valence-electron chi connectivity index (χ1n) is 7.34. The number of nitrogens with two attached hydrogens (primary N) is 1. The zero-order valence-electron chi connectivity index (χ0n) is 12.8. The number of benzene rings is 1. The molecule has 0 aliphatic carbocycles. The van der Waals surface area contributed by atoms with Crippen molar-refractivity contribution in [3.63, 3.8) is 0 Å². The highest BCUT2D eigenvalue weighted by Crippen LogP contribution is 2.34. The molecular formula is C16H14F3N3O2S. The summed E-state index contributed by atoms with van der Waals surface area (Å²) in [6, 6.07) is 3.18. The Morgan fingerprint density at radius 1 is 1.36 bits per heavy atom. The fourth-order valence-corrected chi connectivity index (χ4v) is 3.65. The van der Waals surface area contributed by atoms with Crippen molar-refractivity contribution in [3.05, 3.63) is 51.7 Å². The maximum absolute atomic E-state index is 12.9. The molecule has 2 heterocycles. The third-order valence-electron chi connectivity index (χ3n) is 3.91. The van der Waals surface area contributed by atoms with E-state index in [-0.39, 0.29) is 6.54 Å². The van der Waals surface area contributed by atoms with Gasteiger partial charge in [-0.05, 0) is 28.6 Å². The van der Waals surface area contributed by atoms with Crippen molar-refractivity contribution in [3.8, 4) is 0 Å². The molecule has 0 saturated carbocycles. The molecule has 132 valence electrons. The number of halogens is 3. The summed E-state index contributed by atoms with van der Waals surface area (Å²) in [5.74, 6) is -0.401. The molecule has 9 heteroatoms. The van der Waals surface area contributed by atoms with E-state index < -0.39 is 29.7 Å². The number of hydrogen-bond donors (Lipinski definition) is 2. The Hall–Kier alpha value is -2.55. The zero-order chi connectivity index (χ0) is 18.2. The normalized spacial score (nSPS) is 17.3. The average Bonchev–Trinajstić information content (AvgIpc) is 2.98. The van der Waals surface area contributed by atoms with Gasteiger partial charge in [-0.1, -0.05) is 12.1 Å². The Morgan fingerprint density at radius 3 is 2.80 bits per heavy atom. The summed E-state index contributed by atoms with van der Waals surface area (Å²) in [6.45, 7) is -0.0244. The number of nitrogens with one attached hydrogen (secondary N) is 1. The summed E-state index contributed by atoms with van der Waals surface area (Å²) in [7, 11) is 0. The lowest BCUT2D eigenvalue weighted by Crippen LogP contribution is -2.53. The fraction of sp³-hybridized carbons (Fsp3) is 0.250. The molecule has 5 nitrogen and oxygen atoms in total. The van der Waals surface area contributed by atoms with Gasteiger partial charge >= 0.3 is 12.2 Å². The topological polar surface area (TPSA) is 75.4 Å². The predicted molar refractivity (Wildman–Crippen MR) is 87.2 cm³/mol. The molecule has 1 aliphatic rings. The van der Waals surface area contributed by atoms with Crippen LogP contribution in [-0.4, -0.2) is 18.0 Å². The van der Waals surface area contributed by atoms with E-state index in [4.69, 9.17) is 5.73 Å². The Bertz CT molecular complexity index is 819. The summed E-state index contributed by atoms with van der Waals surface area (Å²) in [5, 5.41) is 5.99. The van der Waals surface area contributed by atoms with Crippen molar-refractivity contribution in [2.24, 2.45) is 5.73 Å². The van der Waals surface area contributed by atoms with Gasteiger partial charge in [0.05, 0.1) is 17.8 Å². The second-order valence-electron chi connectivity index (χ2n) is 5.67. The molecule has 0 fully saturated rings. The van der Waals surface area contributed by atoms with Crippen LogP contribution in [0.3, 0.4) is 0 Å². The Kier molecular flexibility index (Phi) is 4.42. The number of carbonyl (C=O) groups is 2. The number of thiophene rings is 1. The molecule has 3 N–H and O–H groups in total. The second-order valence-corrected chi connectivity index (χ2v) is 6.41. The van der Waals surface area contributed by atoms with Crippen molar-refractivity contribution < 1.29 is 22.8 Å². The highest BCUT2D eigenvalue weighted by atomic mass is 32.1. The minimum Gasteiger partial charge on any atom is -0.352 e. The van der Waals surface area contributed by atoms with Crippen LogP contribution in [0.2, 0.25) is 0 Å². The first-order valence-corrected chi connectivity index (χ1v) is 8.28. The number of urea groups is 1. The fourth-order valence-electron chi connectivity index (χ4n) is 2.80. The largest absolute Gasteiger partial charge is 0.416 e. The number of fused-ring (bicyclic) bond motifs is 1. The van der Waals surface area contributed by atoms with Crippen LogP contribution in [0.4, 0.5) is 23.7 Å². The number of rotatable bonds is 3. The molecule has 2 aromatic rings. The summed E-state index contributed by atoms with van der Waals surface area (Å²) >= 11 is 1.38. The molecule has 3 rings (SSSR count). The van der Waals surface area contributed by atoms with Gasteiger partial charge in [-0.2, -0.15) is 13.2 Å². The van der Waals surface area contributed by atoms with E-state index in [1.807, 2.05) is 5.38 Å². The van der Waals surface area contributed by atoms with Gasteiger partial charge < -0.3 is 16.0 Å². The summed E-state index contributed by atoms with van der Waals surface area (Å²) in [4.78, 5) is 25.1. The lowest BCUT2D eigenvalue weighted by molar-refractivity contribution is -0.137. The number of primary amides is 1. The maximum atomic E-state index is 12.9. The number of amides is 3. The van der Waals surface area contributed by atoms with Gasteiger partial charge in [-0.15, -0.1) is 11.3 Å². The molecule has 0 unspecified atom stereocenters. The minimum atomic E-state index is -4.45. The maximum Gasteiger partial charge on any atom is 0.416 e. The lowest BCUT2D eigenvalue weighted by atomic mass is 9.99. The number of carbonyl (C=O) groups excluding carboxylic acids is 2. The third-order valence-corrected chi connectivity index (χ3v) is 4.69. The molecular weight excluding hydrogens is 355 g/mol. The first kappa shape index (κ1) is 17.3. The van der Waals surface area contributed by atoms with E-state index in [0.717, 1.165) is 17.7 Å². The van der Waals surface area contributed by atoms with Gasteiger partial charge in [-0.25, -0.2) is 4.79 Å². The van der Waals surface area contributed by atoms with Crippen molar-refractivity contribution >= 4 is 29.0 Å². The van der Waals surface area contributed by atoms with Crippen molar-refractivity contribution in [2.75, 3.05) is 4.90 Å². The number of anilines is 1. The average molecular weight is 369 g/mol. The Labute approximate surface area is 145 Å². The van der Waals surface area contributed by atoms with E-state index in [1.54, 1.807) is 5.38 Å². The molecule has 3 amide bonds. The summed E-state index contributed by atoms with van der Waals surface area (Å²) < 4.78 is 38.6. The highest BCUT2D eigenvalue weighted by molar-refractivity contribution is 7.08. The van der Waals surface area contributed by atoms with Crippen molar-refractivity contribution in [1.29, 1.82) is 0 Å². The molecule has 0 radical (unpaired) electrons. The van der Waals surface area contributed by atoms with E-state index in [9.17, 15) is 22.8 Å². The van der Waals surface area contributed by atoms with Gasteiger partial charge in [0.25, 0.3) is 0 Å². The van der Waals surface area contributed by atoms with Crippen LogP contribution >= 0.6 is 11.3 Å². The van der Waals surface area contributed by atoms with Crippen LogP contribution in [0.25, 0.3) is 0 Å². The van der Waals surface area contributed by atoms with Gasteiger partial charge in [0.15, 0.2) is 0 Å². The molecule has 25 heavy (non-hydrogen) atoms. The Balaban J connectivity index is 1.91. The third kappa shape index (κ3) is 3.60. The van der Waals surface area contributed by atoms with Crippen LogP contribution in [0.5, 0.6) is 0 Å². The monoisotopic (exact) mass is 369 g/mol. The predicted octanol–water partition coefficient (Wildman–Crippen LogP) is 2.89. The van der Waals surface area contributed by atoms with E-state index >= 15 is 0 Å². The summed E-state index contributed by atoms with van der Waals surface area (Å²) in [6.07, 6.45) is -4.15. The SMILES string of the molecule is NC(=O)N[C@@H]1Cc2cscc2N(Cc2cccc(C(F)(F)F)c2)C1=O. The molecule has 1 aromatic carbocycles. The van der Waals surface area contributed by atoms with Crippen LogP contribution in [-0.2, 0) is 23.9 Å². The van der Waals surface area contributed by atoms with Gasteiger partial charge in [0, 0.05) is 11.8 Å². The Morgan fingerprint density at radius 2 is 2.12 bits per heavy atom. The van der Waals surface area contributed by atoms with Gasteiger partial charge in [-0.3, -0.25) is 4.79 Å². The second kappa shape index (κ2) is 6.40. The van der Waals surface area contributed by atoms with Gasteiger partial charge in [0.1, 0.15) is 6.04 Å².